The zero-order chi connectivity index (χ0) is 31.0. The molecule has 0 radical (unpaired) electrons. The molecule has 0 saturated carbocycles. The summed E-state index contributed by atoms with van der Waals surface area (Å²) in [5.74, 6) is 1.79. The number of carbonyl (C=O) groups is 3. The van der Waals surface area contributed by atoms with E-state index in [1.165, 1.54) is 0 Å². The van der Waals surface area contributed by atoms with Crippen LogP contribution in [0.2, 0.25) is 0 Å². The number of likely N-dealkylation sites (tertiary alicyclic amines) is 1. The number of rotatable bonds is 13. The van der Waals surface area contributed by atoms with Gasteiger partial charge < -0.3 is 34.5 Å². The van der Waals surface area contributed by atoms with Gasteiger partial charge in [0.2, 0.25) is 0 Å². The smallest absolute Gasteiger partial charge is 0.415 e. The number of ether oxygens (including phenoxy) is 4. The van der Waals surface area contributed by atoms with E-state index in [-0.39, 0.29) is 12.7 Å². The molecule has 0 spiro atoms. The van der Waals surface area contributed by atoms with Crippen molar-refractivity contribution in [2.75, 3.05) is 19.6 Å². The van der Waals surface area contributed by atoms with Crippen molar-refractivity contribution in [3.05, 3.63) is 90.0 Å². The molecule has 10 nitrogen and oxygen atoms in total. The number of amides is 3. The molecule has 4 rings (SSSR count). The topological polar surface area (TPSA) is 115 Å². The normalized spacial score (nSPS) is 13.1. The fourth-order valence-electron chi connectivity index (χ4n) is 4.58. The summed E-state index contributed by atoms with van der Waals surface area (Å²) < 4.78 is 22.1. The zero-order valence-corrected chi connectivity index (χ0v) is 25.2. The number of unbranched alkanes of at least 4 members (excludes halogenated alkanes) is 3. The van der Waals surface area contributed by atoms with E-state index in [1.54, 1.807) is 29.2 Å². The quantitative estimate of drug-likeness (QED) is 0.199. The first kappa shape index (κ1) is 32.2. The zero-order valence-electron chi connectivity index (χ0n) is 25.2. The molecule has 1 aliphatic rings. The average Bonchev–Trinajstić information content (AvgIpc) is 3.05. The van der Waals surface area contributed by atoms with Crippen LogP contribution in [0.5, 0.6) is 17.2 Å². The van der Waals surface area contributed by atoms with Crippen molar-refractivity contribution in [1.82, 2.24) is 15.5 Å². The first-order valence-electron chi connectivity index (χ1n) is 15.2. The largest absolute Gasteiger partial charge is 0.457 e. The van der Waals surface area contributed by atoms with Gasteiger partial charge in [0.1, 0.15) is 30.0 Å². The second kappa shape index (κ2) is 17.4. The highest BCUT2D eigenvalue weighted by Crippen LogP contribution is 2.24. The summed E-state index contributed by atoms with van der Waals surface area (Å²) in [5, 5.41) is 5.53. The number of alkyl carbamates (subject to hydrolysis) is 2. The highest BCUT2D eigenvalue weighted by Gasteiger charge is 2.26. The summed E-state index contributed by atoms with van der Waals surface area (Å²) in [6.45, 7) is 4.09. The Hall–Kier alpha value is -4.73. The maximum Gasteiger partial charge on any atom is 0.415 e. The lowest BCUT2D eigenvalue weighted by Gasteiger charge is -2.30. The van der Waals surface area contributed by atoms with Crippen LogP contribution in [0, 0.1) is 0 Å². The van der Waals surface area contributed by atoms with E-state index >= 15 is 0 Å². The van der Waals surface area contributed by atoms with Crippen LogP contribution in [0.4, 0.5) is 14.4 Å². The predicted molar refractivity (Wildman–Crippen MR) is 166 cm³/mol. The molecule has 3 aromatic rings. The standard InChI is InChI=1S/C34H41N3O7/c1-2-3-4-8-21-35-32(38)41-25-27-13-11-26(12-14-27)24-36-33(39)43-31-19-22-37(23-20-31)34(40)44-30-17-15-29(16-18-30)42-28-9-6-5-7-10-28/h5-7,9-18,31H,2-4,8,19-25H2,1H3,(H,35,38)(H,36,39). The Morgan fingerprint density at radius 2 is 1.41 bits per heavy atom. The van der Waals surface area contributed by atoms with E-state index in [9.17, 15) is 14.4 Å². The Labute approximate surface area is 258 Å². The maximum atomic E-state index is 12.6. The molecule has 1 heterocycles. The van der Waals surface area contributed by atoms with Crippen molar-refractivity contribution in [3.8, 4) is 17.2 Å². The van der Waals surface area contributed by atoms with E-state index in [1.807, 2.05) is 54.6 Å². The van der Waals surface area contributed by atoms with Gasteiger partial charge in [0.05, 0.1) is 0 Å². The fraction of sp³-hybridized carbons (Fsp3) is 0.382. The lowest BCUT2D eigenvalue weighted by atomic mass is 10.1. The van der Waals surface area contributed by atoms with Gasteiger partial charge in [0.15, 0.2) is 0 Å². The molecule has 3 amide bonds. The molecule has 44 heavy (non-hydrogen) atoms. The van der Waals surface area contributed by atoms with Crippen LogP contribution >= 0.6 is 0 Å². The molecule has 0 unspecified atom stereocenters. The number of nitrogens with zero attached hydrogens (tertiary/aromatic N) is 1. The lowest BCUT2D eigenvalue weighted by molar-refractivity contribution is 0.0522. The molecule has 234 valence electrons. The van der Waals surface area contributed by atoms with Gasteiger partial charge >= 0.3 is 18.3 Å². The Morgan fingerprint density at radius 1 is 0.750 bits per heavy atom. The second-order valence-electron chi connectivity index (χ2n) is 10.6. The summed E-state index contributed by atoms with van der Waals surface area (Å²) in [6.07, 6.45) is 3.75. The highest BCUT2D eigenvalue weighted by atomic mass is 16.6. The number of carbonyl (C=O) groups excluding carboxylic acids is 3. The number of hydrogen-bond donors (Lipinski definition) is 2. The first-order chi connectivity index (χ1) is 21.5. The van der Waals surface area contributed by atoms with Crippen molar-refractivity contribution >= 4 is 18.3 Å². The second-order valence-corrected chi connectivity index (χ2v) is 10.6. The Bertz CT molecular complexity index is 1310. The third kappa shape index (κ3) is 11.2. The molecule has 1 aliphatic heterocycles. The SMILES string of the molecule is CCCCCCNC(=O)OCc1ccc(CNC(=O)OC2CCN(C(=O)Oc3ccc(Oc4ccccc4)cc3)CC2)cc1. The van der Waals surface area contributed by atoms with Crippen LogP contribution in [0.15, 0.2) is 78.9 Å². The van der Waals surface area contributed by atoms with Crippen molar-refractivity contribution in [3.63, 3.8) is 0 Å². The number of nitrogens with one attached hydrogen (secondary N) is 2. The highest BCUT2D eigenvalue weighted by molar-refractivity contribution is 5.71. The van der Waals surface area contributed by atoms with Crippen LogP contribution in [0.3, 0.4) is 0 Å². The number of hydrogen-bond acceptors (Lipinski definition) is 7. The van der Waals surface area contributed by atoms with E-state index in [2.05, 4.69) is 17.6 Å². The summed E-state index contributed by atoms with van der Waals surface area (Å²) >= 11 is 0. The molecule has 0 atom stereocenters. The summed E-state index contributed by atoms with van der Waals surface area (Å²) in [4.78, 5) is 38.4. The minimum Gasteiger partial charge on any atom is -0.457 e. The number of benzene rings is 3. The van der Waals surface area contributed by atoms with Crippen molar-refractivity contribution in [2.24, 2.45) is 0 Å². The number of piperidine rings is 1. The maximum absolute atomic E-state index is 12.6. The van der Waals surface area contributed by atoms with Gasteiger partial charge in [-0.05, 0) is 53.9 Å². The van der Waals surface area contributed by atoms with Gasteiger partial charge in [0, 0.05) is 39.0 Å². The van der Waals surface area contributed by atoms with E-state index in [0.29, 0.717) is 50.5 Å². The summed E-state index contributed by atoms with van der Waals surface area (Å²) in [5.41, 5.74) is 1.75. The Morgan fingerprint density at radius 3 is 2.11 bits per heavy atom. The first-order valence-corrected chi connectivity index (χ1v) is 15.2. The molecular formula is C34H41N3O7. The molecule has 1 fully saturated rings. The van der Waals surface area contributed by atoms with E-state index in [0.717, 1.165) is 42.6 Å². The van der Waals surface area contributed by atoms with Gasteiger partial charge in [-0.3, -0.25) is 0 Å². The Kier molecular flexibility index (Phi) is 12.7. The molecule has 10 heteroatoms. The van der Waals surface area contributed by atoms with Gasteiger partial charge in [-0.2, -0.15) is 0 Å². The minimum absolute atomic E-state index is 0.179. The van der Waals surface area contributed by atoms with Crippen LogP contribution < -0.4 is 20.1 Å². The molecule has 2 N–H and O–H groups in total. The van der Waals surface area contributed by atoms with Crippen LogP contribution in [-0.2, 0) is 22.6 Å². The van der Waals surface area contributed by atoms with Gasteiger partial charge in [0.25, 0.3) is 0 Å². The molecule has 0 aromatic heterocycles. The van der Waals surface area contributed by atoms with Crippen LogP contribution in [-0.4, -0.2) is 48.9 Å². The summed E-state index contributed by atoms with van der Waals surface area (Å²) in [6, 6.07) is 23.8. The van der Waals surface area contributed by atoms with Gasteiger partial charge in [-0.1, -0.05) is 68.7 Å². The average molecular weight is 604 g/mol. The molecule has 1 saturated heterocycles. The lowest BCUT2D eigenvalue weighted by Crippen LogP contribution is -2.43. The summed E-state index contributed by atoms with van der Waals surface area (Å²) in [7, 11) is 0. The van der Waals surface area contributed by atoms with Crippen molar-refractivity contribution < 1.29 is 33.3 Å². The molecule has 3 aromatic carbocycles. The number of para-hydroxylation sites is 1. The molecule has 0 aliphatic carbocycles. The Balaban J connectivity index is 1.09. The van der Waals surface area contributed by atoms with Gasteiger partial charge in [-0.25, -0.2) is 14.4 Å². The third-order valence-corrected chi connectivity index (χ3v) is 7.11. The van der Waals surface area contributed by atoms with E-state index < -0.39 is 18.3 Å². The van der Waals surface area contributed by atoms with Crippen LogP contribution in [0.25, 0.3) is 0 Å². The van der Waals surface area contributed by atoms with E-state index in [4.69, 9.17) is 18.9 Å². The van der Waals surface area contributed by atoms with Crippen LogP contribution in [0.1, 0.15) is 56.6 Å². The fourth-order valence-corrected chi connectivity index (χ4v) is 4.58. The third-order valence-electron chi connectivity index (χ3n) is 7.11. The predicted octanol–water partition coefficient (Wildman–Crippen LogP) is 7.18. The molecular weight excluding hydrogens is 562 g/mol. The van der Waals surface area contributed by atoms with Crippen molar-refractivity contribution in [1.29, 1.82) is 0 Å². The van der Waals surface area contributed by atoms with Crippen molar-refractivity contribution in [2.45, 2.75) is 64.7 Å². The monoisotopic (exact) mass is 603 g/mol. The molecule has 0 bridgehead atoms. The minimum atomic E-state index is -0.508. The van der Waals surface area contributed by atoms with Gasteiger partial charge in [-0.15, -0.1) is 0 Å².